The van der Waals surface area contributed by atoms with Gasteiger partial charge in [0.15, 0.2) is 11.0 Å². The van der Waals surface area contributed by atoms with Crippen molar-refractivity contribution in [1.29, 1.82) is 0 Å². The number of thioether (sulfide) groups is 1. The van der Waals surface area contributed by atoms with Crippen LogP contribution in [0.25, 0.3) is 5.69 Å². The van der Waals surface area contributed by atoms with Crippen molar-refractivity contribution in [3.8, 4) is 5.69 Å². The molecule has 0 unspecified atom stereocenters. The number of halogens is 1. The van der Waals surface area contributed by atoms with E-state index in [9.17, 15) is 9.18 Å². The molecule has 0 bridgehead atoms. The first kappa shape index (κ1) is 21.8. The normalized spacial score (nSPS) is 15.0. The molecule has 6 nitrogen and oxygen atoms in total. The number of rotatable bonds is 10. The molecule has 1 aliphatic carbocycles. The Hall–Kier alpha value is -1.93. The quantitative estimate of drug-likeness (QED) is 0.549. The number of nitrogens with zero attached hydrogens (tertiary/aromatic N) is 5. The van der Waals surface area contributed by atoms with Gasteiger partial charge in [-0.15, -0.1) is 10.2 Å². The van der Waals surface area contributed by atoms with Gasteiger partial charge in [-0.3, -0.25) is 14.3 Å². The lowest BCUT2D eigenvalue weighted by atomic mass is 10.2. The molecular weight excluding hydrogens is 389 g/mol. The van der Waals surface area contributed by atoms with Crippen molar-refractivity contribution in [3.05, 3.63) is 35.9 Å². The number of aromatic nitrogens is 3. The van der Waals surface area contributed by atoms with E-state index in [1.807, 2.05) is 35.4 Å². The van der Waals surface area contributed by atoms with E-state index in [0.717, 1.165) is 31.0 Å². The standard InChI is InChI=1S/C21H30FN5OS/c1-5-12-26(13-16-6-7-16)19(28)14-29-21-24-23-20(15(2)25(3)4)27(21)18-10-8-17(22)9-11-18/h8-11,15-16H,5-7,12-14H2,1-4H3/t15-/m0/s1. The molecule has 158 valence electrons. The van der Waals surface area contributed by atoms with E-state index in [-0.39, 0.29) is 17.8 Å². The maximum absolute atomic E-state index is 13.4. The summed E-state index contributed by atoms with van der Waals surface area (Å²) in [5.41, 5.74) is 0.790. The van der Waals surface area contributed by atoms with Gasteiger partial charge >= 0.3 is 0 Å². The van der Waals surface area contributed by atoms with Crippen molar-refractivity contribution < 1.29 is 9.18 Å². The van der Waals surface area contributed by atoms with Crippen molar-refractivity contribution in [1.82, 2.24) is 24.6 Å². The Kier molecular flexibility index (Phi) is 7.29. The molecule has 1 fully saturated rings. The SMILES string of the molecule is CCCN(CC1CC1)C(=O)CSc1nnc([C@H](C)N(C)C)n1-c1ccc(F)cc1. The smallest absolute Gasteiger partial charge is 0.233 e. The molecule has 0 radical (unpaired) electrons. The molecule has 1 aromatic carbocycles. The summed E-state index contributed by atoms with van der Waals surface area (Å²) in [5.74, 6) is 1.61. The summed E-state index contributed by atoms with van der Waals surface area (Å²) in [6.07, 6.45) is 3.41. The van der Waals surface area contributed by atoms with Gasteiger partial charge in [0.1, 0.15) is 5.82 Å². The fourth-order valence-electron chi connectivity index (χ4n) is 3.13. The van der Waals surface area contributed by atoms with Crippen LogP contribution in [0.5, 0.6) is 0 Å². The Labute approximate surface area is 176 Å². The summed E-state index contributed by atoms with van der Waals surface area (Å²) in [4.78, 5) is 16.8. The molecule has 1 atom stereocenters. The zero-order valence-electron chi connectivity index (χ0n) is 17.6. The highest BCUT2D eigenvalue weighted by molar-refractivity contribution is 7.99. The van der Waals surface area contributed by atoms with Crippen molar-refractivity contribution in [2.75, 3.05) is 32.9 Å². The monoisotopic (exact) mass is 419 g/mol. The van der Waals surface area contributed by atoms with Crippen LogP contribution in [0.2, 0.25) is 0 Å². The van der Waals surface area contributed by atoms with E-state index >= 15 is 0 Å². The van der Waals surface area contributed by atoms with E-state index in [1.165, 1.54) is 36.7 Å². The second-order valence-electron chi connectivity index (χ2n) is 7.86. The molecule has 0 aliphatic heterocycles. The topological polar surface area (TPSA) is 54.3 Å². The van der Waals surface area contributed by atoms with Crippen LogP contribution in [0.3, 0.4) is 0 Å². The molecular formula is C21H30FN5OS. The number of carbonyl (C=O) groups is 1. The Morgan fingerprint density at radius 3 is 2.55 bits per heavy atom. The first-order valence-corrected chi connectivity index (χ1v) is 11.2. The summed E-state index contributed by atoms with van der Waals surface area (Å²) in [6.45, 7) is 5.80. The van der Waals surface area contributed by atoms with Gasteiger partial charge in [-0.2, -0.15) is 0 Å². The van der Waals surface area contributed by atoms with Crippen molar-refractivity contribution >= 4 is 17.7 Å². The Bertz CT molecular complexity index is 819. The van der Waals surface area contributed by atoms with E-state index in [4.69, 9.17) is 0 Å². The van der Waals surface area contributed by atoms with Gasteiger partial charge in [0.2, 0.25) is 5.91 Å². The fourth-order valence-corrected chi connectivity index (χ4v) is 3.99. The van der Waals surface area contributed by atoms with E-state index in [2.05, 4.69) is 17.1 Å². The van der Waals surface area contributed by atoms with Crippen molar-refractivity contribution in [2.24, 2.45) is 5.92 Å². The van der Waals surface area contributed by atoms with Crippen molar-refractivity contribution in [3.63, 3.8) is 0 Å². The number of amides is 1. The highest BCUT2D eigenvalue weighted by atomic mass is 32.2. The first-order chi connectivity index (χ1) is 13.9. The van der Waals surface area contributed by atoms with Gasteiger partial charge in [0.05, 0.1) is 11.8 Å². The number of hydrogen-bond donors (Lipinski definition) is 0. The van der Waals surface area contributed by atoms with Crippen LogP contribution >= 0.6 is 11.8 Å². The van der Waals surface area contributed by atoms with Crippen LogP contribution in [-0.4, -0.2) is 63.4 Å². The molecule has 0 N–H and O–H groups in total. The molecule has 0 spiro atoms. The van der Waals surface area contributed by atoms with Crippen LogP contribution in [0.1, 0.15) is 45.0 Å². The van der Waals surface area contributed by atoms with Gasteiger partial charge in [-0.1, -0.05) is 18.7 Å². The summed E-state index contributed by atoms with van der Waals surface area (Å²) >= 11 is 1.39. The fraction of sp³-hybridized carbons (Fsp3) is 0.571. The van der Waals surface area contributed by atoms with E-state index in [0.29, 0.717) is 16.8 Å². The largest absolute Gasteiger partial charge is 0.342 e. The number of benzene rings is 1. The molecule has 1 heterocycles. The van der Waals surface area contributed by atoms with Crippen LogP contribution in [0.15, 0.2) is 29.4 Å². The van der Waals surface area contributed by atoms with Gasteiger partial charge < -0.3 is 4.90 Å². The number of hydrogen-bond acceptors (Lipinski definition) is 5. The third-order valence-corrected chi connectivity index (χ3v) is 6.15. The lowest BCUT2D eigenvalue weighted by molar-refractivity contribution is -0.128. The van der Waals surface area contributed by atoms with Gasteiger partial charge in [0, 0.05) is 18.8 Å². The van der Waals surface area contributed by atoms with Crippen LogP contribution in [0, 0.1) is 11.7 Å². The third-order valence-electron chi connectivity index (χ3n) is 5.24. The highest BCUT2D eigenvalue weighted by Crippen LogP contribution is 2.31. The Balaban J connectivity index is 1.80. The maximum Gasteiger partial charge on any atom is 0.233 e. The minimum atomic E-state index is -0.288. The van der Waals surface area contributed by atoms with E-state index < -0.39 is 0 Å². The minimum Gasteiger partial charge on any atom is -0.342 e. The Morgan fingerprint density at radius 2 is 1.97 bits per heavy atom. The summed E-state index contributed by atoms with van der Waals surface area (Å²) < 4.78 is 15.4. The molecule has 1 amide bonds. The molecule has 8 heteroatoms. The van der Waals surface area contributed by atoms with Gasteiger partial charge in [-0.05, 0) is 70.5 Å². The lowest BCUT2D eigenvalue weighted by Crippen LogP contribution is -2.35. The predicted molar refractivity (Wildman–Crippen MR) is 114 cm³/mol. The summed E-state index contributed by atoms with van der Waals surface area (Å²) in [7, 11) is 3.95. The lowest BCUT2D eigenvalue weighted by Gasteiger charge is -2.22. The molecule has 0 saturated heterocycles. The summed E-state index contributed by atoms with van der Waals surface area (Å²) in [6, 6.07) is 6.30. The highest BCUT2D eigenvalue weighted by Gasteiger charge is 2.27. The van der Waals surface area contributed by atoms with Crippen molar-refractivity contribution in [2.45, 2.75) is 44.3 Å². The average Bonchev–Trinajstić information content (AvgIpc) is 3.42. The second-order valence-corrected chi connectivity index (χ2v) is 8.81. The van der Waals surface area contributed by atoms with Gasteiger partial charge in [-0.25, -0.2) is 4.39 Å². The summed E-state index contributed by atoms with van der Waals surface area (Å²) in [5, 5.41) is 9.39. The van der Waals surface area contributed by atoms with Gasteiger partial charge in [0.25, 0.3) is 0 Å². The molecule has 1 saturated carbocycles. The van der Waals surface area contributed by atoms with E-state index in [1.54, 1.807) is 12.1 Å². The first-order valence-electron chi connectivity index (χ1n) is 10.2. The predicted octanol–water partition coefficient (Wildman–Crippen LogP) is 3.77. The molecule has 1 aromatic heterocycles. The second kappa shape index (κ2) is 9.71. The maximum atomic E-state index is 13.4. The number of carbonyl (C=O) groups excluding carboxylic acids is 1. The zero-order valence-corrected chi connectivity index (χ0v) is 18.5. The van der Waals surface area contributed by atoms with Crippen LogP contribution < -0.4 is 0 Å². The Morgan fingerprint density at radius 1 is 1.28 bits per heavy atom. The van der Waals surface area contributed by atoms with Crippen LogP contribution in [-0.2, 0) is 4.79 Å². The molecule has 29 heavy (non-hydrogen) atoms. The minimum absolute atomic E-state index is 0.0176. The zero-order chi connectivity index (χ0) is 21.0. The third kappa shape index (κ3) is 5.57. The van der Waals surface area contributed by atoms with Crippen LogP contribution in [0.4, 0.5) is 4.39 Å². The molecule has 3 rings (SSSR count). The molecule has 2 aromatic rings. The average molecular weight is 420 g/mol. The molecule has 1 aliphatic rings.